The largest absolute Gasteiger partial charge is 0.338 e. The number of aromatic nitrogens is 1. The van der Waals surface area contributed by atoms with Gasteiger partial charge in [0.15, 0.2) is 0 Å². The van der Waals surface area contributed by atoms with Gasteiger partial charge in [-0.05, 0) is 43.5 Å². The standard InChI is InChI=1S/C23H24N4O2/c28-21(26-12-9-19-15(14-26)5-3-10-24-19)18-13-16-6-4-11-27(16)23(18)17-7-1-2-8-20(17)25-22(23)29/h1-3,5,7-8,10,16,18H,4,6,9,11-14H2,(H,25,29)/t16-,18+,23+/m1/s1. The summed E-state index contributed by atoms with van der Waals surface area (Å²) in [7, 11) is 0. The highest BCUT2D eigenvalue weighted by atomic mass is 16.2. The molecule has 29 heavy (non-hydrogen) atoms. The van der Waals surface area contributed by atoms with Crippen LogP contribution in [0.3, 0.4) is 0 Å². The molecule has 0 saturated carbocycles. The van der Waals surface area contributed by atoms with Crippen molar-refractivity contribution in [2.75, 3.05) is 18.4 Å². The van der Waals surface area contributed by atoms with E-state index in [1.165, 1.54) is 0 Å². The van der Waals surface area contributed by atoms with Crippen molar-refractivity contribution in [1.82, 2.24) is 14.8 Å². The van der Waals surface area contributed by atoms with E-state index in [0.29, 0.717) is 19.1 Å². The van der Waals surface area contributed by atoms with Crippen LogP contribution in [0.5, 0.6) is 0 Å². The van der Waals surface area contributed by atoms with Gasteiger partial charge >= 0.3 is 0 Å². The molecule has 2 saturated heterocycles. The molecule has 6 heteroatoms. The summed E-state index contributed by atoms with van der Waals surface area (Å²) in [5, 5.41) is 3.08. The molecule has 2 fully saturated rings. The Labute approximate surface area is 169 Å². The van der Waals surface area contributed by atoms with E-state index < -0.39 is 5.54 Å². The van der Waals surface area contributed by atoms with Gasteiger partial charge in [0.1, 0.15) is 5.54 Å². The minimum absolute atomic E-state index is 0.0273. The minimum atomic E-state index is -0.857. The first-order chi connectivity index (χ1) is 14.2. The zero-order valence-electron chi connectivity index (χ0n) is 16.3. The van der Waals surface area contributed by atoms with E-state index in [0.717, 1.165) is 54.7 Å². The van der Waals surface area contributed by atoms with Gasteiger partial charge in [0.25, 0.3) is 0 Å². The second kappa shape index (κ2) is 6.13. The summed E-state index contributed by atoms with van der Waals surface area (Å²) in [6, 6.07) is 12.2. The van der Waals surface area contributed by atoms with Gasteiger partial charge in [-0.1, -0.05) is 24.3 Å². The molecule has 4 aliphatic rings. The third kappa shape index (κ3) is 2.23. The highest BCUT2D eigenvalue weighted by Gasteiger charge is 2.65. The number of nitrogens with zero attached hydrogens (tertiary/aromatic N) is 3. The molecule has 6 nitrogen and oxygen atoms in total. The quantitative estimate of drug-likeness (QED) is 0.814. The van der Waals surface area contributed by atoms with E-state index in [-0.39, 0.29) is 17.7 Å². The molecule has 6 rings (SSSR count). The summed E-state index contributed by atoms with van der Waals surface area (Å²) in [6.45, 7) is 2.13. The summed E-state index contributed by atoms with van der Waals surface area (Å²) in [6.07, 6.45) is 5.50. The SMILES string of the molecule is O=C([C@@H]1C[C@H]2CCCN2[C@]12C(=O)Nc1ccccc12)N1CCc2ncccc2C1. The van der Waals surface area contributed by atoms with Gasteiger partial charge in [0.05, 0.1) is 5.92 Å². The summed E-state index contributed by atoms with van der Waals surface area (Å²) in [5.74, 6) is -0.254. The maximum Gasteiger partial charge on any atom is 0.250 e. The molecular weight excluding hydrogens is 364 g/mol. The molecule has 0 radical (unpaired) electrons. The van der Waals surface area contributed by atoms with Crippen LogP contribution in [0, 0.1) is 5.92 Å². The van der Waals surface area contributed by atoms with Crippen LogP contribution in [-0.2, 0) is 28.1 Å². The Morgan fingerprint density at radius 3 is 3.00 bits per heavy atom. The molecule has 3 atom stereocenters. The summed E-state index contributed by atoms with van der Waals surface area (Å²) in [4.78, 5) is 36.1. The zero-order valence-corrected chi connectivity index (χ0v) is 16.3. The maximum absolute atomic E-state index is 13.9. The number of anilines is 1. The highest BCUT2D eigenvalue weighted by molar-refractivity contribution is 6.09. The van der Waals surface area contributed by atoms with Crippen LogP contribution >= 0.6 is 0 Å². The summed E-state index contributed by atoms with van der Waals surface area (Å²) in [5.41, 5.74) is 3.19. The Balaban J connectivity index is 1.41. The van der Waals surface area contributed by atoms with Crippen molar-refractivity contribution < 1.29 is 9.59 Å². The van der Waals surface area contributed by atoms with E-state index in [2.05, 4.69) is 21.3 Å². The normalized spacial score (nSPS) is 30.2. The number of benzene rings is 1. The fraction of sp³-hybridized carbons (Fsp3) is 0.435. The van der Waals surface area contributed by atoms with Crippen molar-refractivity contribution in [1.29, 1.82) is 0 Å². The van der Waals surface area contributed by atoms with Crippen LogP contribution in [0.4, 0.5) is 5.69 Å². The lowest BCUT2D eigenvalue weighted by atomic mass is 9.77. The molecule has 5 heterocycles. The number of amides is 2. The molecular formula is C23H24N4O2. The average Bonchev–Trinajstić information content (AvgIpc) is 3.41. The van der Waals surface area contributed by atoms with Crippen molar-refractivity contribution in [2.24, 2.45) is 5.92 Å². The fourth-order valence-electron chi connectivity index (χ4n) is 6.14. The third-order valence-electron chi connectivity index (χ3n) is 7.35. The first kappa shape index (κ1) is 17.2. The number of hydrogen-bond acceptors (Lipinski definition) is 4. The second-order valence-electron chi connectivity index (χ2n) is 8.66. The molecule has 0 unspecified atom stereocenters. The lowest BCUT2D eigenvalue weighted by molar-refractivity contribution is -0.145. The number of para-hydroxylation sites is 1. The Kier molecular flexibility index (Phi) is 3.63. The Morgan fingerprint density at radius 1 is 1.17 bits per heavy atom. The molecule has 2 aromatic rings. The van der Waals surface area contributed by atoms with Gasteiger partial charge in [0.2, 0.25) is 11.8 Å². The van der Waals surface area contributed by atoms with Crippen molar-refractivity contribution >= 4 is 17.5 Å². The number of nitrogens with one attached hydrogen (secondary N) is 1. The molecule has 4 aliphatic heterocycles. The predicted molar refractivity (Wildman–Crippen MR) is 108 cm³/mol. The summed E-state index contributed by atoms with van der Waals surface area (Å²) >= 11 is 0. The Morgan fingerprint density at radius 2 is 2.07 bits per heavy atom. The van der Waals surface area contributed by atoms with E-state index in [1.54, 1.807) is 0 Å². The van der Waals surface area contributed by atoms with E-state index in [4.69, 9.17) is 0 Å². The molecule has 1 N–H and O–H groups in total. The highest BCUT2D eigenvalue weighted by Crippen LogP contribution is 2.55. The maximum atomic E-state index is 13.9. The number of fused-ring (bicyclic) bond motifs is 5. The van der Waals surface area contributed by atoms with Gasteiger partial charge in [-0.2, -0.15) is 0 Å². The smallest absolute Gasteiger partial charge is 0.250 e. The van der Waals surface area contributed by atoms with Crippen molar-refractivity contribution in [2.45, 2.75) is 43.8 Å². The van der Waals surface area contributed by atoms with Crippen molar-refractivity contribution in [3.63, 3.8) is 0 Å². The lowest BCUT2D eigenvalue weighted by Gasteiger charge is -2.39. The van der Waals surface area contributed by atoms with Gasteiger partial charge in [-0.3, -0.25) is 19.5 Å². The van der Waals surface area contributed by atoms with E-state index >= 15 is 0 Å². The van der Waals surface area contributed by atoms with Crippen LogP contribution in [0.1, 0.15) is 36.1 Å². The van der Waals surface area contributed by atoms with Crippen LogP contribution in [0.15, 0.2) is 42.6 Å². The topological polar surface area (TPSA) is 65.5 Å². The molecule has 148 valence electrons. The fourth-order valence-corrected chi connectivity index (χ4v) is 6.14. The predicted octanol–water partition coefficient (Wildman–Crippen LogP) is 2.30. The number of carbonyl (C=O) groups excluding carboxylic acids is 2. The number of hydrogen-bond donors (Lipinski definition) is 1. The minimum Gasteiger partial charge on any atom is -0.338 e. The molecule has 1 spiro atoms. The molecule has 1 aromatic heterocycles. The molecule has 1 aromatic carbocycles. The van der Waals surface area contributed by atoms with Gasteiger partial charge in [-0.15, -0.1) is 0 Å². The Bertz CT molecular complexity index is 1020. The van der Waals surface area contributed by atoms with Crippen molar-refractivity contribution in [3.05, 3.63) is 59.4 Å². The Hall–Kier alpha value is -2.73. The third-order valence-corrected chi connectivity index (χ3v) is 7.35. The summed E-state index contributed by atoms with van der Waals surface area (Å²) < 4.78 is 0. The number of pyridine rings is 1. The average molecular weight is 388 g/mol. The van der Waals surface area contributed by atoms with E-state index in [1.807, 2.05) is 41.4 Å². The van der Waals surface area contributed by atoms with Gasteiger partial charge in [-0.25, -0.2) is 0 Å². The number of rotatable bonds is 1. The monoisotopic (exact) mass is 388 g/mol. The molecule has 0 bridgehead atoms. The zero-order chi connectivity index (χ0) is 19.6. The van der Waals surface area contributed by atoms with Crippen LogP contribution in [0.2, 0.25) is 0 Å². The first-order valence-electron chi connectivity index (χ1n) is 10.6. The van der Waals surface area contributed by atoms with E-state index in [9.17, 15) is 9.59 Å². The van der Waals surface area contributed by atoms with Gasteiger partial charge in [0, 0.05) is 48.7 Å². The molecule has 2 amide bonds. The van der Waals surface area contributed by atoms with Crippen molar-refractivity contribution in [3.8, 4) is 0 Å². The number of carbonyl (C=O) groups is 2. The van der Waals surface area contributed by atoms with Crippen LogP contribution in [-0.4, -0.2) is 45.7 Å². The van der Waals surface area contributed by atoms with Crippen LogP contribution in [0.25, 0.3) is 0 Å². The lowest BCUT2D eigenvalue weighted by Crippen LogP contribution is -2.55. The second-order valence-corrected chi connectivity index (χ2v) is 8.66. The van der Waals surface area contributed by atoms with Crippen LogP contribution < -0.4 is 5.32 Å². The molecule has 0 aliphatic carbocycles. The van der Waals surface area contributed by atoms with Gasteiger partial charge < -0.3 is 10.2 Å². The first-order valence-corrected chi connectivity index (χ1v) is 10.6.